The maximum atomic E-state index is 6.32. The standard InChI is InChI=1S/C20H31ClO/c1-4-15(2)16(3)22-20-13-12-18(21)14-19(20)17-10-8-6-5-7-9-11-17/h12-17H,4-11H2,1-3H3. The topological polar surface area (TPSA) is 9.23 Å². The summed E-state index contributed by atoms with van der Waals surface area (Å²) in [5, 5.41) is 0.834. The Morgan fingerprint density at radius 3 is 2.36 bits per heavy atom. The molecule has 0 spiro atoms. The van der Waals surface area contributed by atoms with Crippen molar-refractivity contribution in [1.29, 1.82) is 0 Å². The fraction of sp³-hybridized carbons (Fsp3) is 0.700. The van der Waals surface area contributed by atoms with Gasteiger partial charge in [0.2, 0.25) is 0 Å². The van der Waals surface area contributed by atoms with Gasteiger partial charge in [0.15, 0.2) is 0 Å². The van der Waals surface area contributed by atoms with Crippen LogP contribution in [0.5, 0.6) is 5.75 Å². The van der Waals surface area contributed by atoms with Crippen molar-refractivity contribution in [3.05, 3.63) is 28.8 Å². The van der Waals surface area contributed by atoms with Gasteiger partial charge >= 0.3 is 0 Å². The van der Waals surface area contributed by atoms with Gasteiger partial charge in [-0.2, -0.15) is 0 Å². The Kier molecular flexibility index (Phi) is 7.08. The van der Waals surface area contributed by atoms with Crippen LogP contribution in [-0.4, -0.2) is 6.10 Å². The molecule has 1 nitrogen and oxygen atoms in total. The lowest BCUT2D eigenvalue weighted by molar-refractivity contribution is 0.155. The van der Waals surface area contributed by atoms with Crippen molar-refractivity contribution >= 4 is 11.6 Å². The predicted octanol–water partition coefficient (Wildman–Crippen LogP) is 6.98. The predicted molar refractivity (Wildman–Crippen MR) is 96.1 cm³/mol. The molecule has 0 bridgehead atoms. The molecule has 2 heteroatoms. The third-order valence-corrected chi connectivity index (χ3v) is 5.51. The second-order valence-electron chi connectivity index (χ2n) is 6.93. The van der Waals surface area contributed by atoms with Crippen LogP contribution in [0.3, 0.4) is 0 Å². The smallest absolute Gasteiger partial charge is 0.123 e. The summed E-state index contributed by atoms with van der Waals surface area (Å²) in [5.41, 5.74) is 1.34. The molecule has 1 aromatic rings. The van der Waals surface area contributed by atoms with E-state index in [0.29, 0.717) is 11.8 Å². The molecule has 22 heavy (non-hydrogen) atoms. The van der Waals surface area contributed by atoms with Gasteiger partial charge < -0.3 is 4.74 Å². The van der Waals surface area contributed by atoms with Gasteiger partial charge in [0.05, 0.1) is 6.10 Å². The van der Waals surface area contributed by atoms with Gasteiger partial charge in [-0.3, -0.25) is 0 Å². The molecular formula is C20H31ClO. The molecule has 1 aliphatic carbocycles. The second kappa shape index (κ2) is 8.82. The first-order valence-electron chi connectivity index (χ1n) is 9.08. The highest BCUT2D eigenvalue weighted by atomic mass is 35.5. The monoisotopic (exact) mass is 322 g/mol. The Morgan fingerprint density at radius 1 is 1.09 bits per heavy atom. The lowest BCUT2D eigenvalue weighted by atomic mass is 9.85. The fourth-order valence-electron chi connectivity index (χ4n) is 3.36. The summed E-state index contributed by atoms with van der Waals surface area (Å²) in [6.45, 7) is 6.67. The van der Waals surface area contributed by atoms with E-state index >= 15 is 0 Å². The van der Waals surface area contributed by atoms with Crippen LogP contribution >= 0.6 is 11.6 Å². The van der Waals surface area contributed by atoms with E-state index in [9.17, 15) is 0 Å². The molecule has 1 aromatic carbocycles. The van der Waals surface area contributed by atoms with Crippen LogP contribution in [-0.2, 0) is 0 Å². The van der Waals surface area contributed by atoms with Crippen LogP contribution in [0.4, 0.5) is 0 Å². The van der Waals surface area contributed by atoms with E-state index in [0.717, 1.165) is 17.2 Å². The molecule has 0 aliphatic heterocycles. The first-order valence-corrected chi connectivity index (χ1v) is 9.45. The van der Waals surface area contributed by atoms with Crippen LogP contribution in [0.2, 0.25) is 5.02 Å². The minimum atomic E-state index is 0.249. The van der Waals surface area contributed by atoms with Gasteiger partial charge in [0.25, 0.3) is 0 Å². The van der Waals surface area contributed by atoms with Crippen LogP contribution < -0.4 is 4.74 Å². The maximum Gasteiger partial charge on any atom is 0.123 e. The first kappa shape index (κ1) is 17.7. The Balaban J connectivity index is 2.18. The Bertz CT molecular complexity index is 449. The van der Waals surface area contributed by atoms with Crippen molar-refractivity contribution < 1.29 is 4.74 Å². The lowest BCUT2D eigenvalue weighted by Gasteiger charge is -2.26. The average Bonchev–Trinajstić information content (AvgIpc) is 2.48. The molecule has 1 aliphatic rings. The van der Waals surface area contributed by atoms with E-state index in [-0.39, 0.29) is 6.10 Å². The third kappa shape index (κ3) is 4.91. The number of ether oxygens (including phenoxy) is 1. The molecule has 2 atom stereocenters. The zero-order valence-corrected chi connectivity index (χ0v) is 15.2. The van der Waals surface area contributed by atoms with E-state index in [1.54, 1.807) is 0 Å². The maximum absolute atomic E-state index is 6.32. The van der Waals surface area contributed by atoms with E-state index in [1.165, 1.54) is 50.5 Å². The summed E-state index contributed by atoms with van der Waals surface area (Å²) in [4.78, 5) is 0. The van der Waals surface area contributed by atoms with Gasteiger partial charge in [-0.15, -0.1) is 0 Å². The van der Waals surface area contributed by atoms with Crippen LogP contribution in [0.25, 0.3) is 0 Å². The van der Waals surface area contributed by atoms with Crippen molar-refractivity contribution in [2.24, 2.45) is 5.92 Å². The molecule has 124 valence electrons. The zero-order valence-electron chi connectivity index (χ0n) is 14.4. The van der Waals surface area contributed by atoms with E-state index in [2.05, 4.69) is 32.9 Å². The number of rotatable bonds is 5. The van der Waals surface area contributed by atoms with Crippen molar-refractivity contribution in [3.8, 4) is 5.75 Å². The molecule has 0 aromatic heterocycles. The van der Waals surface area contributed by atoms with Gasteiger partial charge in [-0.05, 0) is 55.4 Å². The van der Waals surface area contributed by atoms with Crippen molar-refractivity contribution in [1.82, 2.24) is 0 Å². The summed E-state index contributed by atoms with van der Waals surface area (Å²) in [5.74, 6) is 2.24. The average molecular weight is 323 g/mol. The van der Waals surface area contributed by atoms with Gasteiger partial charge in [0.1, 0.15) is 5.75 Å². The van der Waals surface area contributed by atoms with Gasteiger partial charge in [-0.1, -0.05) is 64.0 Å². The minimum Gasteiger partial charge on any atom is -0.490 e. The summed E-state index contributed by atoms with van der Waals surface area (Å²) >= 11 is 6.28. The second-order valence-corrected chi connectivity index (χ2v) is 7.37. The molecule has 0 saturated heterocycles. The lowest BCUT2D eigenvalue weighted by Crippen LogP contribution is -2.21. The molecule has 0 amide bonds. The first-order chi connectivity index (χ1) is 10.6. The molecular weight excluding hydrogens is 292 g/mol. The van der Waals surface area contributed by atoms with Crippen molar-refractivity contribution in [2.45, 2.75) is 84.2 Å². The number of hydrogen-bond acceptors (Lipinski definition) is 1. The van der Waals surface area contributed by atoms with E-state index in [4.69, 9.17) is 16.3 Å². The summed E-state index contributed by atoms with van der Waals surface area (Å²) in [6.07, 6.45) is 10.7. The molecule has 2 rings (SSSR count). The van der Waals surface area contributed by atoms with Gasteiger partial charge in [-0.25, -0.2) is 0 Å². The molecule has 1 fully saturated rings. The highest BCUT2D eigenvalue weighted by Gasteiger charge is 2.20. The summed E-state index contributed by atoms with van der Waals surface area (Å²) in [6, 6.07) is 6.19. The Labute approximate surface area is 141 Å². The normalized spacial score (nSPS) is 20.0. The number of hydrogen-bond donors (Lipinski definition) is 0. The quantitative estimate of drug-likeness (QED) is 0.568. The van der Waals surface area contributed by atoms with Crippen molar-refractivity contribution in [2.75, 3.05) is 0 Å². The minimum absolute atomic E-state index is 0.249. The van der Waals surface area contributed by atoms with Crippen molar-refractivity contribution in [3.63, 3.8) is 0 Å². The Hall–Kier alpha value is -0.690. The highest BCUT2D eigenvalue weighted by molar-refractivity contribution is 6.30. The largest absolute Gasteiger partial charge is 0.490 e. The zero-order chi connectivity index (χ0) is 15.9. The molecule has 0 N–H and O–H groups in total. The van der Waals surface area contributed by atoms with E-state index in [1.807, 2.05) is 6.07 Å². The fourth-order valence-corrected chi connectivity index (χ4v) is 3.54. The Morgan fingerprint density at radius 2 is 1.73 bits per heavy atom. The SMILES string of the molecule is CCC(C)C(C)Oc1ccc(Cl)cc1C1CCCCCCC1. The van der Waals surface area contributed by atoms with Gasteiger partial charge in [0, 0.05) is 5.02 Å². The summed E-state index contributed by atoms with van der Waals surface area (Å²) < 4.78 is 6.32. The molecule has 2 unspecified atom stereocenters. The van der Waals surface area contributed by atoms with E-state index < -0.39 is 0 Å². The molecule has 0 radical (unpaired) electrons. The molecule has 0 heterocycles. The molecule has 1 saturated carbocycles. The highest BCUT2D eigenvalue weighted by Crippen LogP contribution is 2.38. The van der Waals surface area contributed by atoms with Crippen LogP contribution in [0, 0.1) is 5.92 Å². The third-order valence-electron chi connectivity index (χ3n) is 5.27. The number of halogens is 1. The van der Waals surface area contributed by atoms with Crippen LogP contribution in [0.1, 0.15) is 83.6 Å². The van der Waals surface area contributed by atoms with Crippen LogP contribution in [0.15, 0.2) is 18.2 Å². The summed E-state index contributed by atoms with van der Waals surface area (Å²) in [7, 11) is 0. The number of benzene rings is 1.